The van der Waals surface area contributed by atoms with Gasteiger partial charge >= 0.3 is 0 Å². The second-order valence-corrected chi connectivity index (χ2v) is 4.55. The van der Waals surface area contributed by atoms with Gasteiger partial charge in [-0.25, -0.2) is 0 Å². The zero-order chi connectivity index (χ0) is 11.1. The van der Waals surface area contributed by atoms with E-state index < -0.39 is 0 Å². The predicted octanol–water partition coefficient (Wildman–Crippen LogP) is 1.95. The van der Waals surface area contributed by atoms with Crippen LogP contribution in [0.15, 0.2) is 24.3 Å². The summed E-state index contributed by atoms with van der Waals surface area (Å²) in [5, 5.41) is 0. The molecule has 2 atom stereocenters. The summed E-state index contributed by atoms with van der Waals surface area (Å²) in [5.74, 6) is 1.57. The van der Waals surface area contributed by atoms with Crippen molar-refractivity contribution in [3.8, 4) is 11.5 Å². The highest BCUT2D eigenvalue weighted by molar-refractivity contribution is 5.42. The van der Waals surface area contributed by atoms with E-state index in [1.54, 1.807) is 0 Å². The van der Waals surface area contributed by atoms with Crippen LogP contribution >= 0.6 is 0 Å². The molecule has 15 heavy (non-hydrogen) atoms. The van der Waals surface area contributed by atoms with E-state index in [1.807, 2.05) is 45.0 Å². The minimum atomic E-state index is -0.386. The third-order valence-corrected chi connectivity index (χ3v) is 2.64. The van der Waals surface area contributed by atoms with Crippen LogP contribution in [0.3, 0.4) is 0 Å². The van der Waals surface area contributed by atoms with Crippen LogP contribution in [0.4, 0.5) is 0 Å². The van der Waals surface area contributed by atoms with Crippen molar-refractivity contribution in [3.63, 3.8) is 0 Å². The molecule has 0 bridgehead atoms. The molecule has 0 amide bonds. The van der Waals surface area contributed by atoms with E-state index >= 15 is 0 Å². The van der Waals surface area contributed by atoms with Crippen molar-refractivity contribution in [1.82, 2.24) is 0 Å². The molecule has 0 aromatic heterocycles. The highest BCUT2D eigenvalue weighted by atomic mass is 16.6. The molecule has 1 aliphatic heterocycles. The van der Waals surface area contributed by atoms with Crippen molar-refractivity contribution in [3.05, 3.63) is 24.3 Å². The van der Waals surface area contributed by atoms with Gasteiger partial charge in [-0.2, -0.15) is 0 Å². The molecule has 0 saturated carbocycles. The highest BCUT2D eigenvalue weighted by Gasteiger charge is 2.40. The molecule has 0 aliphatic carbocycles. The monoisotopic (exact) mass is 207 g/mol. The molecule has 0 fully saturated rings. The van der Waals surface area contributed by atoms with Gasteiger partial charge < -0.3 is 15.2 Å². The summed E-state index contributed by atoms with van der Waals surface area (Å²) < 4.78 is 11.7. The van der Waals surface area contributed by atoms with Crippen molar-refractivity contribution in [2.75, 3.05) is 0 Å². The number of hydrogen-bond donors (Lipinski definition) is 1. The lowest BCUT2D eigenvalue weighted by molar-refractivity contribution is -0.0509. The molecule has 2 rings (SSSR count). The first-order chi connectivity index (χ1) is 7.00. The lowest BCUT2D eigenvalue weighted by Crippen LogP contribution is -2.56. The largest absolute Gasteiger partial charge is 0.481 e. The topological polar surface area (TPSA) is 44.5 Å². The number of para-hydroxylation sites is 2. The van der Waals surface area contributed by atoms with Crippen LogP contribution in [-0.4, -0.2) is 17.7 Å². The molecule has 1 aromatic rings. The second-order valence-electron chi connectivity index (χ2n) is 4.55. The van der Waals surface area contributed by atoms with Crippen LogP contribution in [0.5, 0.6) is 11.5 Å². The summed E-state index contributed by atoms with van der Waals surface area (Å²) in [6.45, 7) is 5.93. The Balaban J connectivity index is 2.36. The standard InChI is InChI=1S/C12H17NO2/c1-8(13)11-12(2,3)15-10-7-5-4-6-9(10)14-11/h4-8,11H,13H2,1-3H3/t8-,11-/m1/s1. The molecule has 1 heterocycles. The molecule has 3 heteroatoms. The van der Waals surface area contributed by atoms with E-state index in [4.69, 9.17) is 15.2 Å². The van der Waals surface area contributed by atoms with E-state index in [2.05, 4.69) is 0 Å². The van der Waals surface area contributed by atoms with Gasteiger partial charge in [0.1, 0.15) is 5.60 Å². The van der Waals surface area contributed by atoms with Gasteiger partial charge in [-0.15, -0.1) is 0 Å². The van der Waals surface area contributed by atoms with Gasteiger partial charge in [-0.3, -0.25) is 0 Å². The zero-order valence-corrected chi connectivity index (χ0v) is 9.36. The van der Waals surface area contributed by atoms with Gasteiger partial charge in [0.05, 0.1) is 0 Å². The number of fused-ring (bicyclic) bond motifs is 1. The Morgan fingerprint density at radius 2 is 1.87 bits per heavy atom. The average molecular weight is 207 g/mol. The Morgan fingerprint density at radius 1 is 1.27 bits per heavy atom. The average Bonchev–Trinajstić information content (AvgIpc) is 2.14. The Hall–Kier alpha value is -1.22. The number of ether oxygens (including phenoxy) is 2. The van der Waals surface area contributed by atoms with Gasteiger partial charge in [0.25, 0.3) is 0 Å². The molecule has 0 saturated heterocycles. The number of nitrogens with two attached hydrogens (primary N) is 1. The fourth-order valence-electron chi connectivity index (χ4n) is 1.99. The first kappa shape index (κ1) is 10.3. The van der Waals surface area contributed by atoms with E-state index in [9.17, 15) is 0 Å². The van der Waals surface area contributed by atoms with Crippen molar-refractivity contribution >= 4 is 0 Å². The summed E-state index contributed by atoms with van der Waals surface area (Å²) in [6, 6.07) is 7.62. The Morgan fingerprint density at radius 3 is 2.47 bits per heavy atom. The number of benzene rings is 1. The summed E-state index contributed by atoms with van der Waals surface area (Å²) in [7, 11) is 0. The molecule has 82 valence electrons. The normalized spacial score (nSPS) is 24.7. The van der Waals surface area contributed by atoms with Crippen LogP contribution in [0.25, 0.3) is 0 Å². The van der Waals surface area contributed by atoms with Gasteiger partial charge in [0, 0.05) is 6.04 Å². The maximum Gasteiger partial charge on any atom is 0.162 e. The molecule has 2 N–H and O–H groups in total. The molecule has 1 aliphatic rings. The Bertz CT molecular complexity index is 360. The Kier molecular flexibility index (Phi) is 2.35. The molecule has 0 spiro atoms. The van der Waals surface area contributed by atoms with Gasteiger partial charge in [-0.05, 0) is 32.9 Å². The van der Waals surface area contributed by atoms with Crippen molar-refractivity contribution in [1.29, 1.82) is 0 Å². The SMILES string of the molecule is C[C@@H](N)[C@H]1Oc2ccccc2OC1(C)C. The lowest BCUT2D eigenvalue weighted by Gasteiger charge is -2.41. The maximum atomic E-state index is 5.89. The third kappa shape index (κ3) is 1.79. The quantitative estimate of drug-likeness (QED) is 0.765. The fraction of sp³-hybridized carbons (Fsp3) is 0.500. The fourth-order valence-corrected chi connectivity index (χ4v) is 1.99. The van der Waals surface area contributed by atoms with Gasteiger partial charge in [-0.1, -0.05) is 12.1 Å². The molecular formula is C12H17NO2. The third-order valence-electron chi connectivity index (χ3n) is 2.64. The van der Waals surface area contributed by atoms with Crippen LogP contribution in [-0.2, 0) is 0 Å². The Labute approximate surface area is 90.2 Å². The summed E-state index contributed by atoms with van der Waals surface area (Å²) in [4.78, 5) is 0. The van der Waals surface area contributed by atoms with Crippen molar-refractivity contribution < 1.29 is 9.47 Å². The van der Waals surface area contributed by atoms with Gasteiger partial charge in [0.2, 0.25) is 0 Å². The zero-order valence-electron chi connectivity index (χ0n) is 9.36. The number of hydrogen-bond acceptors (Lipinski definition) is 3. The van der Waals surface area contributed by atoms with Crippen LogP contribution in [0.1, 0.15) is 20.8 Å². The number of rotatable bonds is 1. The minimum Gasteiger partial charge on any atom is -0.481 e. The van der Waals surface area contributed by atoms with Crippen molar-refractivity contribution in [2.24, 2.45) is 5.73 Å². The summed E-state index contributed by atoms with van der Waals surface area (Å²) >= 11 is 0. The molecular weight excluding hydrogens is 190 g/mol. The molecule has 3 nitrogen and oxygen atoms in total. The van der Waals surface area contributed by atoms with E-state index in [-0.39, 0.29) is 17.7 Å². The van der Waals surface area contributed by atoms with E-state index in [0.717, 1.165) is 11.5 Å². The lowest BCUT2D eigenvalue weighted by atomic mass is 9.94. The van der Waals surface area contributed by atoms with Crippen molar-refractivity contribution in [2.45, 2.75) is 38.5 Å². The van der Waals surface area contributed by atoms with E-state index in [1.165, 1.54) is 0 Å². The molecule has 0 unspecified atom stereocenters. The maximum absolute atomic E-state index is 5.89. The first-order valence-corrected chi connectivity index (χ1v) is 5.21. The first-order valence-electron chi connectivity index (χ1n) is 5.21. The predicted molar refractivity (Wildman–Crippen MR) is 59.2 cm³/mol. The van der Waals surface area contributed by atoms with Gasteiger partial charge in [0.15, 0.2) is 17.6 Å². The van der Waals surface area contributed by atoms with E-state index in [0.29, 0.717) is 0 Å². The minimum absolute atomic E-state index is 0.0617. The second kappa shape index (κ2) is 3.42. The molecule has 1 aromatic carbocycles. The van der Waals surface area contributed by atoms with Crippen LogP contribution in [0.2, 0.25) is 0 Å². The van der Waals surface area contributed by atoms with Crippen LogP contribution < -0.4 is 15.2 Å². The van der Waals surface area contributed by atoms with Crippen LogP contribution in [0, 0.1) is 0 Å². The summed E-state index contributed by atoms with van der Waals surface area (Å²) in [6.07, 6.45) is -0.118. The summed E-state index contributed by atoms with van der Waals surface area (Å²) in [5.41, 5.74) is 5.51. The highest BCUT2D eigenvalue weighted by Crippen LogP contribution is 2.38. The smallest absolute Gasteiger partial charge is 0.162 e. The molecule has 0 radical (unpaired) electrons.